The Morgan fingerprint density at radius 2 is 2.00 bits per heavy atom. The first kappa shape index (κ1) is 13.5. The molecule has 2 aliphatic rings. The van der Waals surface area contributed by atoms with Crippen LogP contribution >= 0.6 is 11.3 Å². The minimum absolute atomic E-state index is 0.0983. The molecule has 1 saturated heterocycles. The van der Waals surface area contributed by atoms with Crippen LogP contribution in [0.25, 0.3) is 0 Å². The van der Waals surface area contributed by atoms with Gasteiger partial charge in [-0.3, -0.25) is 9.80 Å². The first-order valence-electron chi connectivity index (χ1n) is 7.34. The van der Waals surface area contributed by atoms with Crippen molar-refractivity contribution in [2.45, 2.75) is 44.4 Å². The van der Waals surface area contributed by atoms with Crippen molar-refractivity contribution in [1.29, 1.82) is 0 Å². The summed E-state index contributed by atoms with van der Waals surface area (Å²) >= 11 is 1.67. The second-order valence-electron chi connectivity index (χ2n) is 5.71. The van der Waals surface area contributed by atoms with Gasteiger partial charge in [0.05, 0.1) is 17.3 Å². The number of aromatic nitrogens is 1. The molecule has 1 N–H and O–H groups in total. The normalized spacial score (nSPS) is 30.6. The lowest BCUT2D eigenvalue weighted by atomic mass is 9.91. The summed E-state index contributed by atoms with van der Waals surface area (Å²) in [4.78, 5) is 9.33. The Kier molecular flexibility index (Phi) is 4.48. The van der Waals surface area contributed by atoms with E-state index in [0.29, 0.717) is 6.04 Å². The van der Waals surface area contributed by atoms with Crippen molar-refractivity contribution < 1.29 is 5.11 Å². The van der Waals surface area contributed by atoms with Gasteiger partial charge < -0.3 is 5.11 Å². The lowest BCUT2D eigenvalue weighted by Crippen LogP contribution is -2.54. The van der Waals surface area contributed by atoms with Crippen LogP contribution in [0.5, 0.6) is 0 Å². The van der Waals surface area contributed by atoms with E-state index in [9.17, 15) is 5.11 Å². The molecule has 1 aliphatic carbocycles. The smallest absolute Gasteiger partial charge is 0.0795 e. The molecule has 5 heteroatoms. The molecule has 106 valence electrons. The molecule has 2 heterocycles. The van der Waals surface area contributed by atoms with Crippen LogP contribution < -0.4 is 0 Å². The van der Waals surface area contributed by atoms with Gasteiger partial charge in [0.1, 0.15) is 0 Å². The summed E-state index contributed by atoms with van der Waals surface area (Å²) in [5, 5.41) is 12.3. The third-order valence-corrected chi connectivity index (χ3v) is 5.07. The molecule has 0 aromatic carbocycles. The predicted octanol–water partition coefficient (Wildman–Crippen LogP) is 1.56. The largest absolute Gasteiger partial charge is 0.391 e. The summed E-state index contributed by atoms with van der Waals surface area (Å²) in [5.41, 5.74) is 3.10. The average molecular weight is 281 g/mol. The lowest BCUT2D eigenvalue weighted by molar-refractivity contribution is -0.00486. The molecule has 2 unspecified atom stereocenters. The number of thiazole rings is 1. The molecule has 0 bridgehead atoms. The highest BCUT2D eigenvalue weighted by atomic mass is 32.1. The van der Waals surface area contributed by atoms with Gasteiger partial charge in [0, 0.05) is 44.1 Å². The van der Waals surface area contributed by atoms with Crippen LogP contribution in [0.4, 0.5) is 0 Å². The number of hydrogen-bond donors (Lipinski definition) is 1. The highest BCUT2D eigenvalue weighted by molar-refractivity contribution is 7.07. The molecule has 1 saturated carbocycles. The summed E-state index contributed by atoms with van der Waals surface area (Å²) in [6.07, 6.45) is 4.54. The topological polar surface area (TPSA) is 39.6 Å². The van der Waals surface area contributed by atoms with Gasteiger partial charge in [0.25, 0.3) is 0 Å². The van der Waals surface area contributed by atoms with Crippen LogP contribution in [0.15, 0.2) is 10.9 Å². The number of aliphatic hydroxyl groups excluding tert-OH is 1. The maximum absolute atomic E-state index is 10.1. The fourth-order valence-corrected chi connectivity index (χ4v) is 3.87. The summed E-state index contributed by atoms with van der Waals surface area (Å²) in [5.74, 6) is 0. The first-order valence-corrected chi connectivity index (χ1v) is 8.29. The lowest BCUT2D eigenvalue weighted by Gasteiger charge is -2.42. The second-order valence-corrected chi connectivity index (χ2v) is 6.43. The number of aliphatic hydroxyl groups is 1. The van der Waals surface area contributed by atoms with Gasteiger partial charge in [-0.2, -0.15) is 0 Å². The van der Waals surface area contributed by atoms with Crippen LogP contribution in [0.1, 0.15) is 31.4 Å². The fourth-order valence-electron chi connectivity index (χ4n) is 3.32. The number of nitrogens with zero attached hydrogens (tertiary/aromatic N) is 3. The van der Waals surface area contributed by atoms with E-state index in [0.717, 1.165) is 39.1 Å². The van der Waals surface area contributed by atoms with Crippen LogP contribution in [-0.2, 0) is 6.54 Å². The van der Waals surface area contributed by atoms with Crippen LogP contribution in [0.2, 0.25) is 0 Å². The molecular weight excluding hydrogens is 258 g/mol. The molecule has 4 nitrogen and oxygen atoms in total. The molecule has 1 aromatic rings. The maximum Gasteiger partial charge on any atom is 0.0795 e. The highest BCUT2D eigenvalue weighted by Gasteiger charge is 2.30. The Hall–Kier alpha value is -0.490. The Labute approximate surface area is 119 Å². The quantitative estimate of drug-likeness (QED) is 0.913. The molecule has 0 spiro atoms. The Bertz CT molecular complexity index is 376. The van der Waals surface area contributed by atoms with Crippen molar-refractivity contribution in [2.75, 3.05) is 26.2 Å². The molecule has 0 amide bonds. The number of piperazine rings is 1. The molecule has 2 fully saturated rings. The van der Waals surface area contributed by atoms with E-state index in [2.05, 4.69) is 20.2 Å². The third kappa shape index (κ3) is 3.34. The summed E-state index contributed by atoms with van der Waals surface area (Å²) in [7, 11) is 0. The van der Waals surface area contributed by atoms with Crippen molar-refractivity contribution in [1.82, 2.24) is 14.8 Å². The van der Waals surface area contributed by atoms with E-state index in [1.54, 1.807) is 11.3 Å². The monoisotopic (exact) mass is 281 g/mol. The summed E-state index contributed by atoms with van der Waals surface area (Å²) in [6, 6.07) is 0.412. The van der Waals surface area contributed by atoms with E-state index >= 15 is 0 Å². The van der Waals surface area contributed by atoms with Crippen LogP contribution in [0, 0.1) is 0 Å². The van der Waals surface area contributed by atoms with E-state index in [-0.39, 0.29) is 6.10 Å². The summed E-state index contributed by atoms with van der Waals surface area (Å²) in [6.45, 7) is 5.35. The first-order chi connectivity index (χ1) is 9.33. The molecule has 0 radical (unpaired) electrons. The maximum atomic E-state index is 10.1. The standard InChI is InChI=1S/C14H23N3OS/c18-14-4-2-1-3-13(14)17-7-5-16(6-8-17)9-12-10-19-11-15-12/h10-11,13-14,18H,1-9H2. The molecular formula is C14H23N3OS. The van der Waals surface area contributed by atoms with Gasteiger partial charge in [-0.15, -0.1) is 11.3 Å². The van der Waals surface area contributed by atoms with E-state index in [1.807, 2.05) is 5.51 Å². The van der Waals surface area contributed by atoms with Gasteiger partial charge in [0.2, 0.25) is 0 Å². The van der Waals surface area contributed by atoms with Gasteiger partial charge in [-0.05, 0) is 12.8 Å². The zero-order valence-corrected chi connectivity index (χ0v) is 12.2. The minimum Gasteiger partial charge on any atom is -0.391 e. The van der Waals surface area contributed by atoms with Crippen molar-refractivity contribution >= 4 is 11.3 Å². The molecule has 19 heavy (non-hydrogen) atoms. The minimum atomic E-state index is -0.0983. The van der Waals surface area contributed by atoms with Gasteiger partial charge in [-0.25, -0.2) is 4.98 Å². The molecule has 1 aromatic heterocycles. The predicted molar refractivity (Wildman–Crippen MR) is 77.2 cm³/mol. The molecule has 1 aliphatic heterocycles. The Morgan fingerprint density at radius 1 is 1.21 bits per heavy atom. The molecule has 2 atom stereocenters. The SMILES string of the molecule is OC1CCCCC1N1CCN(Cc2cscn2)CC1. The van der Waals surface area contributed by atoms with Gasteiger partial charge >= 0.3 is 0 Å². The number of hydrogen-bond acceptors (Lipinski definition) is 5. The van der Waals surface area contributed by atoms with E-state index in [4.69, 9.17) is 0 Å². The third-order valence-electron chi connectivity index (χ3n) is 4.44. The Balaban J connectivity index is 1.49. The van der Waals surface area contributed by atoms with Crippen molar-refractivity contribution in [3.05, 3.63) is 16.6 Å². The van der Waals surface area contributed by atoms with Crippen molar-refractivity contribution in [3.63, 3.8) is 0 Å². The van der Waals surface area contributed by atoms with Crippen molar-refractivity contribution in [3.8, 4) is 0 Å². The summed E-state index contributed by atoms with van der Waals surface area (Å²) < 4.78 is 0. The average Bonchev–Trinajstić information content (AvgIpc) is 2.93. The van der Waals surface area contributed by atoms with E-state index < -0.39 is 0 Å². The molecule has 3 rings (SSSR count). The fraction of sp³-hybridized carbons (Fsp3) is 0.786. The highest BCUT2D eigenvalue weighted by Crippen LogP contribution is 2.24. The zero-order chi connectivity index (χ0) is 13.1. The number of rotatable bonds is 3. The Morgan fingerprint density at radius 3 is 2.68 bits per heavy atom. The van der Waals surface area contributed by atoms with E-state index in [1.165, 1.54) is 25.0 Å². The van der Waals surface area contributed by atoms with Crippen LogP contribution in [0.3, 0.4) is 0 Å². The zero-order valence-electron chi connectivity index (χ0n) is 11.4. The van der Waals surface area contributed by atoms with Gasteiger partial charge in [-0.1, -0.05) is 12.8 Å². The van der Waals surface area contributed by atoms with Crippen LogP contribution in [-0.4, -0.2) is 58.2 Å². The second kappa shape index (κ2) is 6.31. The van der Waals surface area contributed by atoms with Crippen molar-refractivity contribution in [2.24, 2.45) is 0 Å². The van der Waals surface area contributed by atoms with Gasteiger partial charge in [0.15, 0.2) is 0 Å².